The number of nitrogens with one attached hydrogen (secondary N) is 2. The van der Waals surface area contributed by atoms with Crippen molar-refractivity contribution in [1.29, 1.82) is 0 Å². The van der Waals surface area contributed by atoms with Crippen LogP contribution in [0.4, 0.5) is 0 Å². The Morgan fingerprint density at radius 1 is 0.879 bits per heavy atom. The molecule has 2 saturated carbocycles. The summed E-state index contributed by atoms with van der Waals surface area (Å²) in [5.41, 5.74) is 11.0. The van der Waals surface area contributed by atoms with Gasteiger partial charge in [0.05, 0.1) is 38.3 Å². The Balaban J connectivity index is 0.986. The van der Waals surface area contributed by atoms with Crippen LogP contribution in [0.3, 0.4) is 0 Å². The van der Waals surface area contributed by atoms with Crippen LogP contribution in [-0.2, 0) is 33.3 Å². The van der Waals surface area contributed by atoms with Gasteiger partial charge < -0.3 is 18.9 Å². The highest BCUT2D eigenvalue weighted by atomic mass is 16.6. The molecule has 7 atom stereocenters. The summed E-state index contributed by atoms with van der Waals surface area (Å²) < 4.78 is 22.4. The van der Waals surface area contributed by atoms with E-state index in [1.54, 1.807) is 0 Å². The van der Waals surface area contributed by atoms with E-state index in [1.807, 2.05) is 13.8 Å². The summed E-state index contributed by atoms with van der Waals surface area (Å²) >= 11 is 0. The second kappa shape index (κ2) is 23.5. The molecule has 6 unspecified atom stereocenters. The predicted molar refractivity (Wildman–Crippen MR) is 229 cm³/mol. The highest BCUT2D eigenvalue weighted by molar-refractivity contribution is 5.87. The fourth-order valence-corrected chi connectivity index (χ4v) is 9.88. The number of hydrazone groups is 2. The highest BCUT2D eigenvalue weighted by Gasteiger charge is 2.32. The van der Waals surface area contributed by atoms with Gasteiger partial charge in [0, 0.05) is 42.1 Å². The average molecular weight is 809 g/mol. The quantitative estimate of drug-likeness (QED) is 0.0473. The van der Waals surface area contributed by atoms with Crippen LogP contribution in [0.25, 0.3) is 0 Å². The molecule has 0 amide bonds. The molecule has 0 spiro atoms. The molecule has 5 rings (SSSR count). The molecule has 58 heavy (non-hydrogen) atoms. The van der Waals surface area contributed by atoms with Crippen molar-refractivity contribution in [3.63, 3.8) is 0 Å². The topological polar surface area (TPSA) is 140 Å². The monoisotopic (exact) mass is 809 g/mol. The van der Waals surface area contributed by atoms with E-state index in [0.29, 0.717) is 68.5 Å². The Kier molecular flexibility index (Phi) is 18.6. The first-order valence-corrected chi connectivity index (χ1v) is 23.1. The molecule has 11 heteroatoms. The van der Waals surface area contributed by atoms with Crippen molar-refractivity contribution < 1.29 is 33.3 Å². The van der Waals surface area contributed by atoms with Crippen LogP contribution in [0.15, 0.2) is 33.2 Å². The average Bonchev–Trinajstić information content (AvgIpc) is 4.00. The van der Waals surface area contributed by atoms with Crippen molar-refractivity contribution in [3.05, 3.63) is 23.0 Å². The number of fused-ring (bicyclic) bond motifs is 2. The van der Waals surface area contributed by atoms with Gasteiger partial charge in [-0.05, 0) is 166 Å². The summed E-state index contributed by atoms with van der Waals surface area (Å²) in [6.45, 7) is 9.38. The number of methoxy groups -OCH3 is 1. The van der Waals surface area contributed by atoms with Crippen molar-refractivity contribution in [2.45, 2.75) is 187 Å². The van der Waals surface area contributed by atoms with Gasteiger partial charge in [0.1, 0.15) is 5.60 Å². The fourth-order valence-electron chi connectivity index (χ4n) is 9.88. The lowest BCUT2D eigenvalue weighted by Crippen LogP contribution is -2.32. The minimum absolute atomic E-state index is 0.0839. The maximum absolute atomic E-state index is 13.7. The maximum Gasteiger partial charge on any atom is 0.309 e. The number of allylic oxidation sites excluding steroid dienone is 3. The molecule has 1 saturated heterocycles. The van der Waals surface area contributed by atoms with Crippen molar-refractivity contribution in [1.82, 2.24) is 10.9 Å². The molecule has 0 aromatic rings. The predicted octanol–water partition coefficient (Wildman–Crippen LogP) is 9.85. The zero-order valence-corrected chi connectivity index (χ0v) is 36.6. The minimum atomic E-state index is -0.611. The van der Waals surface area contributed by atoms with E-state index in [4.69, 9.17) is 18.9 Å². The second-order valence-corrected chi connectivity index (χ2v) is 18.7. The normalized spacial score (nSPS) is 25.7. The Morgan fingerprint density at radius 2 is 1.59 bits per heavy atom. The van der Waals surface area contributed by atoms with Gasteiger partial charge in [-0.3, -0.25) is 25.2 Å². The van der Waals surface area contributed by atoms with E-state index in [0.717, 1.165) is 89.4 Å². The number of nitrogens with zero attached hydrogens (tertiary/aromatic N) is 2. The third kappa shape index (κ3) is 15.4. The van der Waals surface area contributed by atoms with E-state index in [9.17, 15) is 14.4 Å². The molecule has 11 nitrogen and oxygen atoms in total. The maximum atomic E-state index is 13.7. The van der Waals surface area contributed by atoms with Gasteiger partial charge >= 0.3 is 17.9 Å². The van der Waals surface area contributed by atoms with Gasteiger partial charge in [-0.15, -0.1) is 0 Å². The van der Waals surface area contributed by atoms with Gasteiger partial charge in [-0.1, -0.05) is 25.7 Å². The molecule has 0 radical (unpaired) electrons. The molecule has 0 bridgehead atoms. The van der Waals surface area contributed by atoms with E-state index in [1.165, 1.54) is 62.5 Å². The first-order valence-electron chi connectivity index (χ1n) is 23.1. The fraction of sp³-hybridized carbons (Fsp3) is 0.809. The lowest BCUT2D eigenvalue weighted by Gasteiger charge is -2.31. The standard InChI is InChI=1S/C47H76N4O7/c1-33-42-20-9-7-14-35(28-40(42)31-49-50-33)22-25-38(17-12-19-41-32-57-41)46(54)58-47(3,4)26-11-10-21-44(52)56-27-13-18-37(45(53)55-5)24-23-36-15-6-8-16-39-30-48-51-34(2)43(39)29-36/h30-31,35-38,40-41,43,48,50H,6-29,32H2,1-5H3/t35?,36?,37-,38?,40?,41?,43?/m0/s1. The van der Waals surface area contributed by atoms with Gasteiger partial charge in [0.15, 0.2) is 0 Å². The summed E-state index contributed by atoms with van der Waals surface area (Å²) in [5, 5.41) is 8.88. The molecule has 2 aliphatic carbocycles. The number of hydrogen-bond acceptors (Lipinski definition) is 11. The lowest BCUT2D eigenvalue weighted by molar-refractivity contribution is -0.163. The number of carbonyl (C=O) groups excluding carboxylic acids is 3. The number of esters is 3. The van der Waals surface area contributed by atoms with E-state index < -0.39 is 5.60 Å². The van der Waals surface area contributed by atoms with Crippen LogP contribution in [0, 0.1) is 35.5 Å². The zero-order chi connectivity index (χ0) is 41.3. The van der Waals surface area contributed by atoms with Crippen LogP contribution in [-0.4, -0.2) is 61.9 Å². The number of ether oxygens (including phenoxy) is 4. The summed E-state index contributed by atoms with van der Waals surface area (Å²) in [6.07, 6.45) is 26.4. The molecule has 0 aromatic carbocycles. The Morgan fingerprint density at radius 3 is 2.33 bits per heavy atom. The van der Waals surface area contributed by atoms with Crippen molar-refractivity contribution in [2.24, 2.45) is 45.7 Å². The lowest BCUT2D eigenvalue weighted by atomic mass is 9.76. The smallest absolute Gasteiger partial charge is 0.309 e. The van der Waals surface area contributed by atoms with Gasteiger partial charge in [-0.2, -0.15) is 10.2 Å². The second-order valence-electron chi connectivity index (χ2n) is 18.7. The molecule has 0 aromatic heterocycles. The van der Waals surface area contributed by atoms with Crippen LogP contribution >= 0.6 is 0 Å². The van der Waals surface area contributed by atoms with Crippen LogP contribution in [0.2, 0.25) is 0 Å². The molecule has 5 aliphatic rings. The molecular weight excluding hydrogens is 733 g/mol. The summed E-state index contributed by atoms with van der Waals surface area (Å²) in [6, 6.07) is 0. The van der Waals surface area contributed by atoms with E-state index in [-0.39, 0.29) is 29.7 Å². The third-order valence-electron chi connectivity index (χ3n) is 13.6. The minimum Gasteiger partial charge on any atom is -0.469 e. The molecule has 326 valence electrons. The van der Waals surface area contributed by atoms with Crippen molar-refractivity contribution in [2.75, 3.05) is 20.3 Å². The van der Waals surface area contributed by atoms with Crippen LogP contribution < -0.4 is 10.9 Å². The van der Waals surface area contributed by atoms with Crippen LogP contribution in [0.1, 0.15) is 175 Å². The Labute approximate surface area is 349 Å². The summed E-state index contributed by atoms with van der Waals surface area (Å²) in [7, 11) is 1.46. The molecule has 3 aliphatic heterocycles. The van der Waals surface area contributed by atoms with Gasteiger partial charge in [-0.25, -0.2) is 0 Å². The molecule has 3 fully saturated rings. The van der Waals surface area contributed by atoms with Crippen molar-refractivity contribution in [3.8, 4) is 0 Å². The SMILES string of the molecule is COC(=O)[C@@H](CCCOC(=O)CCCCC(C)(C)OC(=O)C(CCCC1CO1)CCC1CCCCC2=C(C)NN=CC2C1)CCC1CCCCC2=CNN=C(C)C2C1. The number of rotatable bonds is 22. The van der Waals surface area contributed by atoms with Crippen LogP contribution in [0.5, 0.6) is 0 Å². The first kappa shape index (κ1) is 45.9. The largest absolute Gasteiger partial charge is 0.469 e. The number of unbranched alkanes of at least 4 members (excludes halogenated alkanes) is 1. The number of epoxide rings is 1. The first-order chi connectivity index (χ1) is 28.0. The van der Waals surface area contributed by atoms with Gasteiger partial charge in [0.2, 0.25) is 0 Å². The molecule has 3 heterocycles. The van der Waals surface area contributed by atoms with E-state index >= 15 is 0 Å². The van der Waals surface area contributed by atoms with Crippen molar-refractivity contribution >= 4 is 29.8 Å². The molecule has 2 N–H and O–H groups in total. The Bertz CT molecular complexity index is 1470. The number of carbonyl (C=O) groups is 3. The number of hydrogen-bond donors (Lipinski definition) is 2. The third-order valence-corrected chi connectivity index (χ3v) is 13.6. The van der Waals surface area contributed by atoms with Gasteiger partial charge in [0.25, 0.3) is 0 Å². The zero-order valence-electron chi connectivity index (χ0n) is 36.6. The highest BCUT2D eigenvalue weighted by Crippen LogP contribution is 2.38. The Hall–Kier alpha value is -3.21. The summed E-state index contributed by atoms with van der Waals surface area (Å²) in [4.78, 5) is 39.1. The van der Waals surface area contributed by atoms with E-state index in [2.05, 4.69) is 47.3 Å². The summed E-state index contributed by atoms with van der Waals surface area (Å²) in [5.74, 6) is 1.14. The molecular formula is C47H76N4O7.